The van der Waals surface area contributed by atoms with Crippen molar-refractivity contribution < 1.29 is 9.53 Å². The van der Waals surface area contributed by atoms with Crippen LogP contribution in [-0.2, 0) is 4.74 Å². The van der Waals surface area contributed by atoms with Crippen LogP contribution in [0.25, 0.3) is 11.1 Å². The summed E-state index contributed by atoms with van der Waals surface area (Å²) in [6.45, 7) is 3.16. The molecule has 1 unspecified atom stereocenters. The van der Waals surface area contributed by atoms with Crippen LogP contribution in [0.3, 0.4) is 0 Å². The summed E-state index contributed by atoms with van der Waals surface area (Å²) in [6, 6.07) is 20.9. The van der Waals surface area contributed by atoms with Crippen molar-refractivity contribution in [2.24, 2.45) is 0 Å². The van der Waals surface area contributed by atoms with Gasteiger partial charge in [0.25, 0.3) is 5.91 Å². The third-order valence-corrected chi connectivity index (χ3v) is 7.90. The van der Waals surface area contributed by atoms with Gasteiger partial charge < -0.3 is 15.0 Å². The molecule has 30 heavy (non-hydrogen) atoms. The van der Waals surface area contributed by atoms with Crippen LogP contribution in [0, 0.1) is 0 Å². The van der Waals surface area contributed by atoms with Crippen LogP contribution < -0.4 is 10.2 Å². The molecule has 1 N–H and O–H groups in total. The van der Waals surface area contributed by atoms with Gasteiger partial charge in [0, 0.05) is 29.3 Å². The average Bonchev–Trinajstić information content (AvgIpc) is 3.26. The van der Waals surface area contributed by atoms with Crippen LogP contribution >= 0.6 is 23.1 Å². The molecular weight excluding hydrogens is 412 g/mol. The standard InChI is InChI=1S/C24H24N2O2S2/c27-23(25-20-10-15-29-21-9-5-4-8-18(20)21)22-16-19(17-6-2-1-3-7-17)24(30-22)26-11-13-28-14-12-26/h1-9,16,20H,10-15H2,(H,25,27). The number of carbonyl (C=O) groups is 1. The lowest BCUT2D eigenvalue weighted by molar-refractivity contribution is 0.0939. The minimum Gasteiger partial charge on any atom is -0.378 e. The first-order chi connectivity index (χ1) is 14.8. The number of nitrogens with zero attached hydrogens (tertiary/aromatic N) is 1. The maximum Gasteiger partial charge on any atom is 0.261 e. The Morgan fingerprint density at radius 2 is 1.80 bits per heavy atom. The Morgan fingerprint density at radius 1 is 1.03 bits per heavy atom. The predicted octanol–water partition coefficient (Wildman–Crippen LogP) is 5.22. The van der Waals surface area contributed by atoms with Crippen LogP contribution in [0.4, 0.5) is 5.00 Å². The molecular formula is C24H24N2O2S2. The minimum absolute atomic E-state index is 0.0170. The monoisotopic (exact) mass is 436 g/mol. The van der Waals surface area contributed by atoms with Crippen molar-refractivity contribution in [1.82, 2.24) is 5.32 Å². The molecule has 154 valence electrons. The van der Waals surface area contributed by atoms with E-state index in [9.17, 15) is 4.79 Å². The van der Waals surface area contributed by atoms with E-state index in [-0.39, 0.29) is 11.9 Å². The van der Waals surface area contributed by atoms with Gasteiger partial charge in [-0.25, -0.2) is 0 Å². The first kappa shape index (κ1) is 19.7. The molecule has 2 aliphatic rings. The predicted molar refractivity (Wildman–Crippen MR) is 125 cm³/mol. The zero-order chi connectivity index (χ0) is 20.3. The van der Waals surface area contributed by atoms with Gasteiger partial charge in [-0.05, 0) is 29.7 Å². The number of morpholine rings is 1. The van der Waals surface area contributed by atoms with Gasteiger partial charge >= 0.3 is 0 Å². The Labute approximate surface area is 185 Å². The molecule has 1 fully saturated rings. The molecule has 0 saturated carbocycles. The molecule has 0 aliphatic carbocycles. The van der Waals surface area contributed by atoms with Gasteiger partial charge in [-0.1, -0.05) is 48.5 Å². The van der Waals surface area contributed by atoms with Crippen LogP contribution in [0.15, 0.2) is 65.6 Å². The number of anilines is 1. The number of ether oxygens (including phenoxy) is 1. The Morgan fingerprint density at radius 3 is 2.63 bits per heavy atom. The molecule has 4 nitrogen and oxygen atoms in total. The first-order valence-corrected chi connectivity index (χ1v) is 12.1. The van der Waals surface area contributed by atoms with Crippen molar-refractivity contribution in [3.8, 4) is 11.1 Å². The van der Waals surface area contributed by atoms with Gasteiger partial charge in [-0.3, -0.25) is 4.79 Å². The zero-order valence-corrected chi connectivity index (χ0v) is 18.3. The van der Waals surface area contributed by atoms with E-state index in [1.54, 1.807) is 11.3 Å². The second kappa shape index (κ2) is 8.84. The lowest BCUT2D eigenvalue weighted by Crippen LogP contribution is -2.35. The highest BCUT2D eigenvalue weighted by Crippen LogP contribution is 2.40. The van der Waals surface area contributed by atoms with Crippen LogP contribution in [0.5, 0.6) is 0 Å². The SMILES string of the molecule is O=C(NC1CCSc2ccccc21)c1cc(-c2ccccc2)c(N2CCOCC2)s1. The minimum atomic E-state index is 0.0170. The molecule has 1 saturated heterocycles. The normalized spacial score (nSPS) is 18.7. The van der Waals surface area contributed by atoms with Gasteiger partial charge in [0.15, 0.2) is 0 Å². The van der Waals surface area contributed by atoms with Crippen LogP contribution in [-0.4, -0.2) is 38.0 Å². The third-order valence-electron chi connectivity index (χ3n) is 5.58. The summed E-state index contributed by atoms with van der Waals surface area (Å²) in [5.74, 6) is 1.05. The van der Waals surface area contributed by atoms with Crippen molar-refractivity contribution in [3.05, 3.63) is 71.1 Å². The van der Waals surface area contributed by atoms with E-state index >= 15 is 0 Å². The quantitative estimate of drug-likeness (QED) is 0.609. The highest BCUT2D eigenvalue weighted by atomic mass is 32.2. The first-order valence-electron chi connectivity index (χ1n) is 10.3. The van der Waals surface area contributed by atoms with Crippen molar-refractivity contribution in [2.45, 2.75) is 17.4 Å². The molecule has 5 rings (SSSR count). The summed E-state index contributed by atoms with van der Waals surface area (Å²) in [6.07, 6.45) is 0.959. The number of carbonyl (C=O) groups excluding carboxylic acids is 1. The number of rotatable bonds is 4. The number of hydrogen-bond donors (Lipinski definition) is 1. The summed E-state index contributed by atoms with van der Waals surface area (Å²) < 4.78 is 5.54. The summed E-state index contributed by atoms with van der Waals surface area (Å²) in [7, 11) is 0. The molecule has 1 atom stereocenters. The number of benzene rings is 2. The van der Waals surface area contributed by atoms with Gasteiger partial charge in [0.1, 0.15) is 0 Å². The summed E-state index contributed by atoms with van der Waals surface area (Å²) in [5, 5.41) is 4.46. The Kier molecular flexibility index (Phi) is 5.79. The average molecular weight is 437 g/mol. The fourth-order valence-corrected chi connectivity index (χ4v) is 6.30. The number of nitrogens with one attached hydrogen (secondary N) is 1. The van der Waals surface area contributed by atoms with Gasteiger partial charge in [0.2, 0.25) is 0 Å². The largest absolute Gasteiger partial charge is 0.378 e. The molecule has 3 aromatic rings. The second-order valence-electron chi connectivity index (χ2n) is 7.50. The number of fused-ring (bicyclic) bond motifs is 1. The maximum atomic E-state index is 13.3. The smallest absolute Gasteiger partial charge is 0.261 e. The van der Waals surface area contributed by atoms with Crippen LogP contribution in [0.2, 0.25) is 0 Å². The van der Waals surface area contributed by atoms with E-state index in [4.69, 9.17) is 4.74 Å². The second-order valence-corrected chi connectivity index (χ2v) is 9.66. The highest BCUT2D eigenvalue weighted by Gasteiger charge is 2.25. The van der Waals surface area contributed by atoms with E-state index in [0.717, 1.165) is 59.5 Å². The zero-order valence-electron chi connectivity index (χ0n) is 16.7. The van der Waals surface area contributed by atoms with E-state index in [2.05, 4.69) is 52.7 Å². The fraction of sp³-hybridized carbons (Fsp3) is 0.292. The van der Waals surface area contributed by atoms with Gasteiger partial charge in [-0.15, -0.1) is 23.1 Å². The fourth-order valence-electron chi connectivity index (χ4n) is 4.04. The Bertz CT molecular complexity index is 1030. The molecule has 3 heterocycles. The maximum absolute atomic E-state index is 13.3. The molecule has 1 amide bonds. The lowest BCUT2D eigenvalue weighted by atomic mass is 10.0. The van der Waals surface area contributed by atoms with Gasteiger partial charge in [0.05, 0.1) is 29.1 Å². The van der Waals surface area contributed by atoms with E-state index in [0.29, 0.717) is 0 Å². The number of thioether (sulfide) groups is 1. The molecule has 1 aromatic heterocycles. The third kappa shape index (κ3) is 4.00. The van der Waals surface area contributed by atoms with E-state index < -0.39 is 0 Å². The highest BCUT2D eigenvalue weighted by molar-refractivity contribution is 7.99. The van der Waals surface area contributed by atoms with Gasteiger partial charge in [-0.2, -0.15) is 0 Å². The Hall–Kier alpha value is -2.28. The molecule has 6 heteroatoms. The summed E-state index contributed by atoms with van der Waals surface area (Å²) in [5.41, 5.74) is 3.51. The Balaban J connectivity index is 1.44. The molecule has 2 aliphatic heterocycles. The lowest BCUT2D eigenvalue weighted by Gasteiger charge is -2.28. The number of amides is 1. The topological polar surface area (TPSA) is 41.6 Å². The summed E-state index contributed by atoms with van der Waals surface area (Å²) >= 11 is 3.46. The number of hydrogen-bond acceptors (Lipinski definition) is 5. The molecule has 0 bridgehead atoms. The molecule has 0 spiro atoms. The summed E-state index contributed by atoms with van der Waals surface area (Å²) in [4.78, 5) is 17.6. The van der Waals surface area contributed by atoms with Crippen molar-refractivity contribution in [1.29, 1.82) is 0 Å². The van der Waals surface area contributed by atoms with Crippen LogP contribution in [0.1, 0.15) is 27.7 Å². The van der Waals surface area contributed by atoms with Crippen molar-refractivity contribution in [2.75, 3.05) is 37.0 Å². The molecule has 2 aromatic carbocycles. The van der Waals surface area contributed by atoms with E-state index in [1.165, 1.54) is 10.5 Å². The van der Waals surface area contributed by atoms with E-state index in [1.807, 2.05) is 30.0 Å². The molecule has 0 radical (unpaired) electrons. The van der Waals surface area contributed by atoms with Crippen molar-refractivity contribution in [3.63, 3.8) is 0 Å². The van der Waals surface area contributed by atoms with Crippen molar-refractivity contribution >= 4 is 34.0 Å². The number of thiophene rings is 1.